The lowest BCUT2D eigenvalue weighted by Crippen LogP contribution is -2.55. The van der Waals surface area contributed by atoms with Crippen molar-refractivity contribution in [2.24, 2.45) is 5.73 Å². The molecule has 0 aromatic heterocycles. The number of primary amides is 1. The van der Waals surface area contributed by atoms with Crippen LogP contribution >= 0.6 is 0 Å². The van der Waals surface area contributed by atoms with Crippen molar-refractivity contribution in [2.75, 3.05) is 0 Å². The summed E-state index contributed by atoms with van der Waals surface area (Å²) in [5, 5.41) is 5.57. The molecular weight excluding hydrogens is 508 g/mol. The zero-order valence-electron chi connectivity index (χ0n) is 24.1. The zero-order valence-corrected chi connectivity index (χ0v) is 24.1. The number of hydrogen-bond donors (Lipinski definition) is 3. The van der Waals surface area contributed by atoms with E-state index in [9.17, 15) is 19.2 Å². The summed E-state index contributed by atoms with van der Waals surface area (Å²) in [5.74, 6) is -1.52. The van der Waals surface area contributed by atoms with E-state index in [4.69, 9.17) is 10.5 Å². The number of nitrogens with zero attached hydrogens (tertiary/aromatic N) is 1. The Morgan fingerprint density at radius 3 is 2.33 bits per heavy atom. The molecule has 0 aliphatic carbocycles. The Balaban J connectivity index is 2.54. The van der Waals surface area contributed by atoms with E-state index in [-0.39, 0.29) is 25.3 Å². The van der Waals surface area contributed by atoms with Gasteiger partial charge in [0.05, 0.1) is 0 Å². The molecule has 0 heterocycles. The van der Waals surface area contributed by atoms with Crippen molar-refractivity contribution in [3.8, 4) is 0 Å². The molecule has 0 aliphatic heterocycles. The van der Waals surface area contributed by atoms with Gasteiger partial charge in [0.15, 0.2) is 0 Å². The maximum atomic E-state index is 14.2. The molecule has 0 saturated heterocycles. The van der Waals surface area contributed by atoms with Crippen molar-refractivity contribution in [1.29, 1.82) is 0 Å². The Labute approximate surface area is 237 Å². The summed E-state index contributed by atoms with van der Waals surface area (Å²) >= 11 is 0. The standard InChI is InChI=1S/C31H42N4O5/c1-7-21(3)35(29(38)25(17-18-26(32)36)34-30(39)40-31(4,5)6)27(24-16-12-15-22(8-2)19-24)28(37)33-20-23-13-10-9-11-14-23/h8-16,19,21,25,27H,2,7,17-18,20H2,1,3-6H3,(H2,32,36)(H,33,37)(H,34,39). The summed E-state index contributed by atoms with van der Waals surface area (Å²) in [7, 11) is 0. The smallest absolute Gasteiger partial charge is 0.408 e. The second kappa shape index (κ2) is 14.9. The fraction of sp³-hybridized carbons (Fsp3) is 0.419. The van der Waals surface area contributed by atoms with Crippen LogP contribution in [-0.4, -0.2) is 46.4 Å². The lowest BCUT2D eigenvalue weighted by Gasteiger charge is -2.38. The Morgan fingerprint density at radius 1 is 1.07 bits per heavy atom. The highest BCUT2D eigenvalue weighted by atomic mass is 16.6. The van der Waals surface area contributed by atoms with E-state index in [1.807, 2.05) is 56.3 Å². The molecule has 3 atom stereocenters. The topological polar surface area (TPSA) is 131 Å². The van der Waals surface area contributed by atoms with Crippen LogP contribution in [0.15, 0.2) is 61.2 Å². The number of nitrogens with two attached hydrogens (primary N) is 1. The molecule has 40 heavy (non-hydrogen) atoms. The van der Waals surface area contributed by atoms with Gasteiger partial charge in [-0.15, -0.1) is 0 Å². The van der Waals surface area contributed by atoms with E-state index in [0.29, 0.717) is 12.0 Å². The summed E-state index contributed by atoms with van der Waals surface area (Å²) in [6, 6.07) is 14.1. The first kappa shape index (κ1) is 32.1. The highest BCUT2D eigenvalue weighted by Crippen LogP contribution is 2.28. The summed E-state index contributed by atoms with van der Waals surface area (Å²) < 4.78 is 5.37. The molecule has 2 aromatic rings. The number of ether oxygens (including phenoxy) is 1. The number of hydrogen-bond acceptors (Lipinski definition) is 5. The van der Waals surface area contributed by atoms with Crippen molar-refractivity contribution >= 4 is 29.9 Å². The highest BCUT2D eigenvalue weighted by molar-refractivity contribution is 5.92. The van der Waals surface area contributed by atoms with Crippen LogP contribution in [0.1, 0.15) is 76.6 Å². The van der Waals surface area contributed by atoms with Crippen LogP contribution in [0, 0.1) is 0 Å². The maximum Gasteiger partial charge on any atom is 0.408 e. The van der Waals surface area contributed by atoms with Gasteiger partial charge in [0, 0.05) is 19.0 Å². The van der Waals surface area contributed by atoms with Gasteiger partial charge in [-0.1, -0.05) is 68.1 Å². The molecule has 9 nitrogen and oxygen atoms in total. The number of benzene rings is 2. The monoisotopic (exact) mass is 550 g/mol. The summed E-state index contributed by atoms with van der Waals surface area (Å²) in [5.41, 5.74) is 6.85. The number of rotatable bonds is 13. The first-order valence-electron chi connectivity index (χ1n) is 13.5. The third kappa shape index (κ3) is 9.87. The summed E-state index contributed by atoms with van der Waals surface area (Å²) in [6.07, 6.45) is 1.20. The highest BCUT2D eigenvalue weighted by Gasteiger charge is 2.38. The molecule has 0 fully saturated rings. The van der Waals surface area contributed by atoms with Gasteiger partial charge in [-0.2, -0.15) is 0 Å². The molecule has 9 heteroatoms. The molecule has 4 N–H and O–H groups in total. The molecule has 3 unspecified atom stereocenters. The molecule has 0 aliphatic rings. The van der Waals surface area contributed by atoms with Crippen LogP contribution in [0.5, 0.6) is 0 Å². The van der Waals surface area contributed by atoms with Crippen LogP contribution in [0.25, 0.3) is 6.08 Å². The van der Waals surface area contributed by atoms with Crippen molar-refractivity contribution in [3.63, 3.8) is 0 Å². The Hall–Kier alpha value is -4.14. The number of carbonyl (C=O) groups excluding carboxylic acids is 4. The van der Waals surface area contributed by atoms with E-state index in [1.54, 1.807) is 39.0 Å². The third-order valence-electron chi connectivity index (χ3n) is 6.29. The normalized spacial score (nSPS) is 13.3. The number of amides is 4. The van der Waals surface area contributed by atoms with Gasteiger partial charge in [0.2, 0.25) is 17.7 Å². The van der Waals surface area contributed by atoms with Crippen LogP contribution in [0.3, 0.4) is 0 Å². The molecule has 2 rings (SSSR count). The molecule has 4 amide bonds. The first-order chi connectivity index (χ1) is 18.9. The predicted molar refractivity (Wildman–Crippen MR) is 156 cm³/mol. The number of carbonyl (C=O) groups is 4. The molecule has 0 bridgehead atoms. The van der Waals surface area contributed by atoms with Crippen LogP contribution < -0.4 is 16.4 Å². The molecule has 0 saturated carbocycles. The average Bonchev–Trinajstić information content (AvgIpc) is 2.91. The van der Waals surface area contributed by atoms with E-state index >= 15 is 0 Å². The van der Waals surface area contributed by atoms with Crippen molar-refractivity contribution in [2.45, 2.75) is 84.2 Å². The molecule has 2 aromatic carbocycles. The van der Waals surface area contributed by atoms with Gasteiger partial charge in [0.25, 0.3) is 0 Å². The molecule has 0 spiro atoms. The fourth-order valence-corrected chi connectivity index (χ4v) is 4.15. The lowest BCUT2D eigenvalue weighted by atomic mass is 9.97. The van der Waals surface area contributed by atoms with Crippen molar-refractivity contribution < 1.29 is 23.9 Å². The zero-order chi connectivity index (χ0) is 29.9. The average molecular weight is 551 g/mol. The minimum atomic E-state index is -1.15. The number of alkyl carbamates (subject to hydrolysis) is 1. The Bertz CT molecular complexity index is 1180. The van der Waals surface area contributed by atoms with Crippen LogP contribution in [0.4, 0.5) is 4.79 Å². The number of nitrogens with one attached hydrogen (secondary N) is 2. The van der Waals surface area contributed by atoms with Gasteiger partial charge in [-0.3, -0.25) is 14.4 Å². The van der Waals surface area contributed by atoms with Gasteiger partial charge >= 0.3 is 6.09 Å². The quantitative estimate of drug-likeness (QED) is 0.339. The first-order valence-corrected chi connectivity index (χ1v) is 13.5. The lowest BCUT2D eigenvalue weighted by molar-refractivity contribution is -0.145. The van der Waals surface area contributed by atoms with Gasteiger partial charge in [-0.25, -0.2) is 4.79 Å². The maximum absolute atomic E-state index is 14.2. The predicted octanol–water partition coefficient (Wildman–Crippen LogP) is 4.47. The van der Waals surface area contributed by atoms with Crippen molar-refractivity contribution in [1.82, 2.24) is 15.5 Å². The van der Waals surface area contributed by atoms with Gasteiger partial charge in [0.1, 0.15) is 17.7 Å². The molecule has 216 valence electrons. The van der Waals surface area contributed by atoms with Crippen LogP contribution in [0.2, 0.25) is 0 Å². The van der Waals surface area contributed by atoms with E-state index < -0.39 is 41.6 Å². The van der Waals surface area contributed by atoms with Crippen molar-refractivity contribution in [3.05, 3.63) is 77.9 Å². The van der Waals surface area contributed by atoms with Gasteiger partial charge < -0.3 is 26.0 Å². The third-order valence-corrected chi connectivity index (χ3v) is 6.29. The molecular formula is C31H42N4O5. The van der Waals surface area contributed by atoms with Gasteiger partial charge in [-0.05, 0) is 63.3 Å². The van der Waals surface area contributed by atoms with E-state index in [0.717, 1.165) is 11.1 Å². The summed E-state index contributed by atoms with van der Waals surface area (Å²) in [4.78, 5) is 53.9. The molecule has 0 radical (unpaired) electrons. The second-order valence-corrected chi connectivity index (χ2v) is 10.7. The Morgan fingerprint density at radius 2 is 1.75 bits per heavy atom. The van der Waals surface area contributed by atoms with Crippen LogP contribution in [-0.2, 0) is 25.7 Å². The Kier molecular flexibility index (Phi) is 11.9. The minimum Gasteiger partial charge on any atom is -0.444 e. The van der Waals surface area contributed by atoms with E-state index in [1.165, 1.54) is 4.90 Å². The second-order valence-electron chi connectivity index (χ2n) is 10.7. The van der Waals surface area contributed by atoms with E-state index in [2.05, 4.69) is 17.2 Å². The largest absolute Gasteiger partial charge is 0.444 e. The SMILES string of the molecule is C=Cc1cccc(C(C(=O)NCc2ccccc2)N(C(=O)C(CCC(N)=O)NC(=O)OC(C)(C)C)C(C)CC)c1. The fourth-order valence-electron chi connectivity index (χ4n) is 4.15. The minimum absolute atomic E-state index is 0.0502. The summed E-state index contributed by atoms with van der Waals surface area (Å²) in [6.45, 7) is 13.0.